The highest BCUT2D eigenvalue weighted by Crippen LogP contribution is 2.01. The fraction of sp³-hybridized carbons (Fsp3) is 1.00. The van der Waals surface area contributed by atoms with E-state index in [1.165, 1.54) is 0 Å². The Morgan fingerprint density at radius 1 is 1.25 bits per heavy atom. The topological polar surface area (TPSA) is 44.5 Å². The van der Waals surface area contributed by atoms with E-state index < -0.39 is 0 Å². The average molecular weight is 175 g/mol. The predicted octanol–water partition coefficient (Wildman–Crippen LogP) is 1.17. The van der Waals surface area contributed by atoms with Gasteiger partial charge < -0.3 is 15.2 Å². The van der Waals surface area contributed by atoms with E-state index in [1.54, 1.807) is 0 Å². The van der Waals surface area contributed by atoms with Crippen LogP contribution in [0.25, 0.3) is 0 Å². The van der Waals surface area contributed by atoms with E-state index in [1.807, 2.05) is 6.92 Å². The van der Waals surface area contributed by atoms with Crippen molar-refractivity contribution in [2.24, 2.45) is 5.73 Å². The smallest absolute Gasteiger partial charge is 0.0704 e. The normalized spacial score (nSPS) is 13.2. The van der Waals surface area contributed by atoms with Crippen molar-refractivity contribution in [1.82, 2.24) is 0 Å². The molecule has 0 aliphatic carbocycles. The molecule has 1 atom stereocenters. The van der Waals surface area contributed by atoms with Gasteiger partial charge in [0.2, 0.25) is 0 Å². The Morgan fingerprint density at radius 3 is 2.50 bits per heavy atom. The Kier molecular flexibility index (Phi) is 8.88. The lowest BCUT2D eigenvalue weighted by Crippen LogP contribution is -2.19. The highest BCUT2D eigenvalue weighted by molar-refractivity contribution is 4.55. The number of hydrogen-bond acceptors (Lipinski definition) is 3. The summed E-state index contributed by atoms with van der Waals surface area (Å²) in [6.45, 7) is 6.94. The minimum absolute atomic E-state index is 0.315. The SMILES string of the molecule is CCOCCOC(CC)CCN. The van der Waals surface area contributed by atoms with Gasteiger partial charge in [-0.15, -0.1) is 0 Å². The molecule has 0 aromatic rings. The van der Waals surface area contributed by atoms with Crippen molar-refractivity contribution in [3.8, 4) is 0 Å². The van der Waals surface area contributed by atoms with Gasteiger partial charge in [-0.1, -0.05) is 6.92 Å². The van der Waals surface area contributed by atoms with Gasteiger partial charge in [0, 0.05) is 6.61 Å². The van der Waals surface area contributed by atoms with Gasteiger partial charge in [-0.25, -0.2) is 0 Å². The summed E-state index contributed by atoms with van der Waals surface area (Å²) in [5.74, 6) is 0. The first-order valence-electron chi connectivity index (χ1n) is 4.74. The maximum Gasteiger partial charge on any atom is 0.0704 e. The molecule has 0 aliphatic rings. The quantitative estimate of drug-likeness (QED) is 0.563. The van der Waals surface area contributed by atoms with Crippen LogP contribution in [0.5, 0.6) is 0 Å². The van der Waals surface area contributed by atoms with Crippen LogP contribution < -0.4 is 5.73 Å². The molecular weight excluding hydrogens is 154 g/mol. The van der Waals surface area contributed by atoms with Crippen LogP contribution in [-0.2, 0) is 9.47 Å². The van der Waals surface area contributed by atoms with Crippen LogP contribution in [0.15, 0.2) is 0 Å². The standard InChI is InChI=1S/C9H21NO2/c1-3-9(5-6-10)12-8-7-11-4-2/h9H,3-8,10H2,1-2H3. The van der Waals surface area contributed by atoms with Crippen molar-refractivity contribution >= 4 is 0 Å². The molecule has 0 aromatic heterocycles. The Hall–Kier alpha value is -0.120. The van der Waals surface area contributed by atoms with Crippen LogP contribution in [0, 0.1) is 0 Å². The molecule has 0 amide bonds. The Labute approximate surface area is 75.2 Å². The van der Waals surface area contributed by atoms with E-state index >= 15 is 0 Å². The molecule has 0 radical (unpaired) electrons. The first kappa shape index (κ1) is 11.9. The highest BCUT2D eigenvalue weighted by atomic mass is 16.5. The minimum atomic E-state index is 0.315. The van der Waals surface area contributed by atoms with E-state index in [0.29, 0.717) is 25.9 Å². The Bertz CT molecular complexity index is 88.6. The van der Waals surface area contributed by atoms with Gasteiger partial charge in [0.1, 0.15) is 0 Å². The third kappa shape index (κ3) is 6.58. The molecule has 1 unspecified atom stereocenters. The van der Waals surface area contributed by atoms with Crippen LogP contribution in [0.3, 0.4) is 0 Å². The maximum absolute atomic E-state index is 5.53. The monoisotopic (exact) mass is 175 g/mol. The van der Waals surface area contributed by atoms with E-state index in [0.717, 1.165) is 19.4 Å². The van der Waals surface area contributed by atoms with E-state index in [2.05, 4.69) is 6.92 Å². The van der Waals surface area contributed by atoms with Crippen LogP contribution in [-0.4, -0.2) is 32.5 Å². The average Bonchev–Trinajstić information content (AvgIpc) is 2.10. The van der Waals surface area contributed by atoms with Crippen molar-refractivity contribution in [3.63, 3.8) is 0 Å². The second-order valence-electron chi connectivity index (χ2n) is 2.68. The van der Waals surface area contributed by atoms with Crippen molar-refractivity contribution in [3.05, 3.63) is 0 Å². The Balaban J connectivity index is 3.19. The van der Waals surface area contributed by atoms with E-state index in [-0.39, 0.29) is 0 Å². The lowest BCUT2D eigenvalue weighted by Gasteiger charge is -2.14. The molecular formula is C9H21NO2. The molecule has 3 nitrogen and oxygen atoms in total. The molecule has 0 heterocycles. The summed E-state index contributed by atoms with van der Waals surface area (Å²) in [5, 5.41) is 0. The molecule has 0 aromatic carbocycles. The number of nitrogens with two attached hydrogens (primary N) is 1. The predicted molar refractivity (Wildman–Crippen MR) is 50.2 cm³/mol. The van der Waals surface area contributed by atoms with E-state index in [9.17, 15) is 0 Å². The lowest BCUT2D eigenvalue weighted by molar-refractivity contribution is 0.00359. The molecule has 0 spiro atoms. The van der Waals surface area contributed by atoms with Crippen molar-refractivity contribution in [2.45, 2.75) is 32.8 Å². The van der Waals surface area contributed by atoms with Crippen molar-refractivity contribution < 1.29 is 9.47 Å². The van der Waals surface area contributed by atoms with Crippen molar-refractivity contribution in [2.75, 3.05) is 26.4 Å². The van der Waals surface area contributed by atoms with Crippen LogP contribution in [0.4, 0.5) is 0 Å². The van der Waals surface area contributed by atoms with Gasteiger partial charge >= 0.3 is 0 Å². The number of hydrogen-bond donors (Lipinski definition) is 1. The first-order chi connectivity index (χ1) is 5.85. The summed E-state index contributed by atoms with van der Waals surface area (Å²) in [7, 11) is 0. The van der Waals surface area contributed by atoms with Gasteiger partial charge in [0.05, 0.1) is 19.3 Å². The first-order valence-corrected chi connectivity index (χ1v) is 4.74. The maximum atomic E-state index is 5.53. The molecule has 0 bridgehead atoms. The molecule has 74 valence electrons. The summed E-state index contributed by atoms with van der Waals surface area (Å²) in [4.78, 5) is 0. The highest BCUT2D eigenvalue weighted by Gasteiger charge is 2.03. The fourth-order valence-corrected chi connectivity index (χ4v) is 1.01. The zero-order chi connectivity index (χ0) is 9.23. The van der Waals surface area contributed by atoms with Crippen molar-refractivity contribution in [1.29, 1.82) is 0 Å². The van der Waals surface area contributed by atoms with Gasteiger partial charge in [0.15, 0.2) is 0 Å². The summed E-state index contributed by atoms with van der Waals surface area (Å²) in [6, 6.07) is 0. The van der Waals surface area contributed by atoms with Gasteiger partial charge in [-0.05, 0) is 26.3 Å². The van der Waals surface area contributed by atoms with E-state index in [4.69, 9.17) is 15.2 Å². The molecule has 0 fully saturated rings. The molecule has 12 heavy (non-hydrogen) atoms. The molecule has 0 saturated heterocycles. The zero-order valence-electron chi connectivity index (χ0n) is 8.21. The molecule has 3 heteroatoms. The van der Waals surface area contributed by atoms with Gasteiger partial charge in [-0.2, -0.15) is 0 Å². The third-order valence-electron chi connectivity index (χ3n) is 1.73. The van der Waals surface area contributed by atoms with Crippen LogP contribution in [0.1, 0.15) is 26.7 Å². The zero-order valence-corrected chi connectivity index (χ0v) is 8.21. The second-order valence-corrected chi connectivity index (χ2v) is 2.68. The summed E-state index contributed by atoms with van der Waals surface area (Å²) in [5.41, 5.74) is 5.42. The fourth-order valence-electron chi connectivity index (χ4n) is 1.01. The van der Waals surface area contributed by atoms with Crippen LogP contribution in [0.2, 0.25) is 0 Å². The molecule has 0 saturated carbocycles. The largest absolute Gasteiger partial charge is 0.379 e. The third-order valence-corrected chi connectivity index (χ3v) is 1.73. The van der Waals surface area contributed by atoms with Gasteiger partial charge in [-0.3, -0.25) is 0 Å². The summed E-state index contributed by atoms with van der Waals surface area (Å²) >= 11 is 0. The molecule has 2 N–H and O–H groups in total. The molecule has 0 aliphatic heterocycles. The number of rotatable bonds is 8. The second kappa shape index (κ2) is 8.97. The summed E-state index contributed by atoms with van der Waals surface area (Å²) < 4.78 is 10.7. The van der Waals surface area contributed by atoms with Gasteiger partial charge in [0.25, 0.3) is 0 Å². The van der Waals surface area contributed by atoms with Crippen LogP contribution >= 0.6 is 0 Å². The minimum Gasteiger partial charge on any atom is -0.379 e. The summed E-state index contributed by atoms with van der Waals surface area (Å²) in [6.07, 6.45) is 2.29. The lowest BCUT2D eigenvalue weighted by atomic mass is 10.2. The number of ether oxygens (including phenoxy) is 2. The Morgan fingerprint density at radius 2 is 2.00 bits per heavy atom. The molecule has 0 rings (SSSR count).